The van der Waals surface area contributed by atoms with E-state index in [1.165, 1.54) is 0 Å². The maximum absolute atomic E-state index is 12.0. The Labute approximate surface area is 128 Å². The molecule has 1 aromatic heterocycles. The van der Waals surface area contributed by atoms with Crippen LogP contribution in [0.4, 0.5) is 0 Å². The molecule has 1 heterocycles. The molecule has 1 N–H and O–H groups in total. The lowest BCUT2D eigenvalue weighted by Gasteiger charge is -2.16. The monoisotopic (exact) mass is 295 g/mol. The third-order valence-electron chi connectivity index (χ3n) is 3.56. The lowest BCUT2D eigenvalue weighted by molar-refractivity contribution is -0.157. The van der Waals surface area contributed by atoms with Crippen molar-refractivity contribution in [1.29, 1.82) is 0 Å². The Balaban J connectivity index is 2.20. The predicted molar refractivity (Wildman–Crippen MR) is 85.3 cm³/mol. The number of carbonyl (C=O) groups excluding carboxylic acids is 1. The zero-order valence-electron chi connectivity index (χ0n) is 12.3. The van der Waals surface area contributed by atoms with E-state index in [-0.39, 0.29) is 6.61 Å². The molecular weight excluding hydrogens is 278 g/mol. The standard InChI is InChI=1S/C18H17NO3/c1-2-22-18(21)17(20)19-15-11-7-6-10-14(15)12-16(19)13-8-4-3-5-9-13/h3-12,17,20H,2H2,1H3. The summed E-state index contributed by atoms with van der Waals surface area (Å²) >= 11 is 0. The molecule has 0 amide bonds. The number of aliphatic hydroxyl groups excluding tert-OH is 1. The second kappa shape index (κ2) is 6.03. The molecule has 0 fully saturated rings. The minimum absolute atomic E-state index is 0.232. The Morgan fingerprint density at radius 1 is 1.14 bits per heavy atom. The molecule has 0 saturated heterocycles. The number of benzene rings is 2. The molecule has 0 aliphatic carbocycles. The smallest absolute Gasteiger partial charge is 0.356 e. The Hall–Kier alpha value is -2.59. The van der Waals surface area contributed by atoms with E-state index < -0.39 is 12.2 Å². The van der Waals surface area contributed by atoms with Crippen LogP contribution in [0.5, 0.6) is 0 Å². The van der Waals surface area contributed by atoms with Crippen LogP contribution in [-0.4, -0.2) is 22.2 Å². The maximum Gasteiger partial charge on any atom is 0.356 e. The van der Waals surface area contributed by atoms with Crippen molar-refractivity contribution < 1.29 is 14.6 Å². The van der Waals surface area contributed by atoms with Gasteiger partial charge in [0.15, 0.2) is 0 Å². The average Bonchev–Trinajstić information content (AvgIpc) is 2.94. The van der Waals surface area contributed by atoms with Crippen LogP contribution < -0.4 is 0 Å². The van der Waals surface area contributed by atoms with E-state index in [2.05, 4.69) is 0 Å². The summed E-state index contributed by atoms with van der Waals surface area (Å²) in [5.74, 6) is -0.652. The number of aliphatic hydroxyl groups is 1. The summed E-state index contributed by atoms with van der Waals surface area (Å²) in [6, 6.07) is 19.3. The van der Waals surface area contributed by atoms with Gasteiger partial charge in [-0.25, -0.2) is 4.79 Å². The third kappa shape index (κ3) is 2.49. The minimum Gasteiger partial charge on any atom is -0.463 e. The Kier molecular flexibility index (Phi) is 3.94. The number of para-hydroxylation sites is 1. The van der Waals surface area contributed by atoms with Gasteiger partial charge in [-0.2, -0.15) is 0 Å². The first-order valence-electron chi connectivity index (χ1n) is 7.22. The number of fused-ring (bicyclic) bond motifs is 1. The number of rotatable bonds is 4. The number of nitrogens with zero attached hydrogens (tertiary/aromatic N) is 1. The summed E-state index contributed by atoms with van der Waals surface area (Å²) in [6.07, 6.45) is -1.37. The van der Waals surface area contributed by atoms with Gasteiger partial charge in [0.1, 0.15) is 0 Å². The highest BCUT2D eigenvalue weighted by molar-refractivity contribution is 5.89. The molecule has 22 heavy (non-hydrogen) atoms. The van der Waals surface area contributed by atoms with Crippen LogP contribution in [0.1, 0.15) is 13.2 Å². The van der Waals surface area contributed by atoms with Gasteiger partial charge in [0.2, 0.25) is 6.23 Å². The molecule has 0 aliphatic heterocycles. The second-order valence-electron chi connectivity index (χ2n) is 4.95. The fraction of sp³-hybridized carbons (Fsp3) is 0.167. The summed E-state index contributed by atoms with van der Waals surface area (Å²) < 4.78 is 6.57. The van der Waals surface area contributed by atoms with E-state index in [0.717, 1.165) is 22.2 Å². The van der Waals surface area contributed by atoms with Crippen molar-refractivity contribution in [2.45, 2.75) is 13.2 Å². The molecule has 0 saturated carbocycles. The first-order chi connectivity index (χ1) is 10.7. The van der Waals surface area contributed by atoms with Crippen molar-refractivity contribution in [3.63, 3.8) is 0 Å². The summed E-state index contributed by atoms with van der Waals surface area (Å²) in [7, 11) is 0. The molecule has 0 spiro atoms. The molecule has 0 radical (unpaired) electrons. The molecular formula is C18H17NO3. The van der Waals surface area contributed by atoms with Gasteiger partial charge in [0, 0.05) is 5.39 Å². The van der Waals surface area contributed by atoms with Gasteiger partial charge in [0.05, 0.1) is 17.8 Å². The summed E-state index contributed by atoms with van der Waals surface area (Å²) in [6.45, 7) is 1.95. The van der Waals surface area contributed by atoms with E-state index in [1.807, 2.05) is 60.7 Å². The van der Waals surface area contributed by atoms with Crippen LogP contribution in [0.25, 0.3) is 22.2 Å². The van der Waals surface area contributed by atoms with Crippen molar-refractivity contribution >= 4 is 16.9 Å². The molecule has 3 rings (SSSR count). The largest absolute Gasteiger partial charge is 0.463 e. The van der Waals surface area contributed by atoms with Crippen molar-refractivity contribution in [1.82, 2.24) is 4.57 Å². The van der Waals surface area contributed by atoms with Gasteiger partial charge in [-0.3, -0.25) is 0 Å². The highest BCUT2D eigenvalue weighted by Crippen LogP contribution is 2.31. The zero-order chi connectivity index (χ0) is 15.5. The van der Waals surface area contributed by atoms with E-state index >= 15 is 0 Å². The fourth-order valence-electron chi connectivity index (χ4n) is 2.59. The van der Waals surface area contributed by atoms with Crippen LogP contribution in [-0.2, 0) is 9.53 Å². The molecule has 1 atom stereocenters. The van der Waals surface area contributed by atoms with Gasteiger partial charge >= 0.3 is 5.97 Å². The van der Waals surface area contributed by atoms with Crippen molar-refractivity contribution in [2.24, 2.45) is 0 Å². The third-order valence-corrected chi connectivity index (χ3v) is 3.56. The Bertz CT molecular complexity index is 792. The minimum atomic E-state index is -1.37. The van der Waals surface area contributed by atoms with Gasteiger partial charge < -0.3 is 14.4 Å². The molecule has 4 heteroatoms. The first kappa shape index (κ1) is 14.4. The molecule has 2 aromatic carbocycles. The normalized spacial score (nSPS) is 12.3. The van der Waals surface area contributed by atoms with E-state index in [4.69, 9.17) is 4.74 Å². The van der Waals surface area contributed by atoms with Crippen LogP contribution in [0.2, 0.25) is 0 Å². The molecule has 4 nitrogen and oxygen atoms in total. The molecule has 0 bridgehead atoms. The van der Waals surface area contributed by atoms with E-state index in [0.29, 0.717) is 0 Å². The number of aromatic nitrogens is 1. The number of esters is 1. The number of hydrogen-bond acceptors (Lipinski definition) is 3. The SMILES string of the molecule is CCOC(=O)C(O)n1c(-c2ccccc2)cc2ccccc21. The fourth-order valence-corrected chi connectivity index (χ4v) is 2.59. The topological polar surface area (TPSA) is 51.5 Å². The second-order valence-corrected chi connectivity index (χ2v) is 4.95. The molecule has 1 unspecified atom stereocenters. The average molecular weight is 295 g/mol. The summed E-state index contributed by atoms with van der Waals surface area (Å²) in [5, 5.41) is 11.4. The highest BCUT2D eigenvalue weighted by atomic mass is 16.5. The summed E-state index contributed by atoms with van der Waals surface area (Å²) in [4.78, 5) is 12.0. The molecule has 112 valence electrons. The summed E-state index contributed by atoms with van der Waals surface area (Å²) in [5.41, 5.74) is 2.51. The van der Waals surface area contributed by atoms with Gasteiger partial charge in [-0.1, -0.05) is 48.5 Å². The van der Waals surface area contributed by atoms with E-state index in [1.54, 1.807) is 11.5 Å². The number of hydrogen-bond donors (Lipinski definition) is 1. The number of carbonyl (C=O) groups is 1. The number of ether oxygens (including phenoxy) is 1. The van der Waals surface area contributed by atoms with Gasteiger partial charge in [-0.15, -0.1) is 0 Å². The van der Waals surface area contributed by atoms with Crippen LogP contribution in [0, 0.1) is 0 Å². The van der Waals surface area contributed by atoms with Crippen molar-refractivity contribution in [2.75, 3.05) is 6.61 Å². The van der Waals surface area contributed by atoms with E-state index in [9.17, 15) is 9.90 Å². The predicted octanol–water partition coefficient (Wildman–Crippen LogP) is 3.36. The van der Waals surface area contributed by atoms with Crippen molar-refractivity contribution in [3.8, 4) is 11.3 Å². The lowest BCUT2D eigenvalue weighted by Crippen LogP contribution is -2.22. The Morgan fingerprint density at radius 2 is 1.82 bits per heavy atom. The first-order valence-corrected chi connectivity index (χ1v) is 7.22. The highest BCUT2D eigenvalue weighted by Gasteiger charge is 2.23. The van der Waals surface area contributed by atoms with Crippen LogP contribution >= 0.6 is 0 Å². The van der Waals surface area contributed by atoms with Gasteiger partial charge in [-0.05, 0) is 24.6 Å². The van der Waals surface area contributed by atoms with Gasteiger partial charge in [0.25, 0.3) is 0 Å². The van der Waals surface area contributed by atoms with Crippen LogP contribution in [0.15, 0.2) is 60.7 Å². The quantitative estimate of drug-likeness (QED) is 0.751. The lowest BCUT2D eigenvalue weighted by atomic mass is 10.1. The molecule has 3 aromatic rings. The van der Waals surface area contributed by atoms with Crippen molar-refractivity contribution in [3.05, 3.63) is 60.7 Å². The Morgan fingerprint density at radius 3 is 2.55 bits per heavy atom. The zero-order valence-corrected chi connectivity index (χ0v) is 12.3. The maximum atomic E-state index is 12.0. The van der Waals surface area contributed by atoms with Crippen LogP contribution in [0.3, 0.4) is 0 Å². The molecule has 0 aliphatic rings.